The molecule has 1 atom stereocenters. The lowest BCUT2D eigenvalue weighted by molar-refractivity contribution is -0.133. The van der Waals surface area contributed by atoms with E-state index in [0.717, 1.165) is 0 Å². The van der Waals surface area contributed by atoms with Gasteiger partial charge < -0.3 is 9.64 Å². The Morgan fingerprint density at radius 1 is 1.23 bits per heavy atom. The molecule has 0 saturated carbocycles. The molecule has 2 N–H and O–H groups in total. The van der Waals surface area contributed by atoms with Crippen LogP contribution in [0.2, 0.25) is 0 Å². The van der Waals surface area contributed by atoms with Crippen LogP contribution < -0.4 is 15.2 Å². The van der Waals surface area contributed by atoms with Gasteiger partial charge in [0, 0.05) is 26.1 Å². The van der Waals surface area contributed by atoms with Crippen LogP contribution >= 0.6 is 0 Å². The van der Waals surface area contributed by atoms with Crippen LogP contribution in [0.1, 0.15) is 18.5 Å². The molecule has 2 amide bonds. The zero-order valence-corrected chi connectivity index (χ0v) is 18.6. The van der Waals surface area contributed by atoms with E-state index in [1.807, 2.05) is 0 Å². The molecule has 188 valence electrons. The minimum atomic E-state index is -3.06. The second-order valence-electron chi connectivity index (χ2n) is 8.14. The fourth-order valence-electron chi connectivity index (χ4n) is 3.96. The number of Topliss-reactive ketones (excluding diaryl/α,β-unsaturated/α-hetero) is 1. The van der Waals surface area contributed by atoms with Crippen molar-refractivity contribution >= 4 is 29.2 Å². The van der Waals surface area contributed by atoms with E-state index in [2.05, 4.69) is 20.8 Å². The number of H-pyrrole nitrogens is 1. The molecule has 0 spiro atoms. The van der Waals surface area contributed by atoms with E-state index in [-0.39, 0.29) is 31.0 Å². The molecule has 0 bridgehead atoms. The maximum Gasteiger partial charge on any atom is 0.414 e. The molecule has 2 fully saturated rings. The second-order valence-corrected chi connectivity index (χ2v) is 8.14. The van der Waals surface area contributed by atoms with Gasteiger partial charge in [-0.1, -0.05) is 0 Å². The van der Waals surface area contributed by atoms with E-state index in [1.54, 1.807) is 17.0 Å². The number of halogens is 3. The summed E-state index contributed by atoms with van der Waals surface area (Å²) >= 11 is 0. The van der Waals surface area contributed by atoms with Crippen LogP contribution in [-0.4, -0.2) is 83.5 Å². The van der Waals surface area contributed by atoms with Gasteiger partial charge in [0.05, 0.1) is 42.8 Å². The number of carbonyl (C=O) groups is 3. The van der Waals surface area contributed by atoms with Gasteiger partial charge in [-0.2, -0.15) is 15.4 Å². The zero-order chi connectivity index (χ0) is 24.9. The van der Waals surface area contributed by atoms with Gasteiger partial charge in [0.25, 0.3) is 6.43 Å². The number of rotatable bonds is 8. The number of nitrogens with one attached hydrogen (secondary N) is 2. The number of anilines is 2. The van der Waals surface area contributed by atoms with Gasteiger partial charge in [0.1, 0.15) is 11.9 Å². The molecule has 35 heavy (non-hydrogen) atoms. The highest BCUT2D eigenvalue weighted by Gasteiger charge is 2.33. The minimum absolute atomic E-state index is 0.0291. The van der Waals surface area contributed by atoms with Crippen molar-refractivity contribution in [2.45, 2.75) is 31.8 Å². The van der Waals surface area contributed by atoms with Crippen LogP contribution in [-0.2, 0) is 20.7 Å². The first-order chi connectivity index (χ1) is 16.8. The number of ketones is 1. The smallest absolute Gasteiger partial charge is 0.414 e. The van der Waals surface area contributed by atoms with Gasteiger partial charge in [-0.3, -0.25) is 19.5 Å². The van der Waals surface area contributed by atoms with Crippen LogP contribution in [0, 0.1) is 5.82 Å². The summed E-state index contributed by atoms with van der Waals surface area (Å²) in [6.07, 6.45) is -3.40. The highest BCUT2D eigenvalue weighted by Crippen LogP contribution is 2.29. The van der Waals surface area contributed by atoms with Crippen LogP contribution in [0.25, 0.3) is 0 Å². The van der Waals surface area contributed by atoms with E-state index in [4.69, 9.17) is 4.74 Å². The zero-order valence-electron chi connectivity index (χ0n) is 18.6. The number of alkyl halides is 2. The Labute approximate surface area is 198 Å². The van der Waals surface area contributed by atoms with E-state index < -0.39 is 36.6 Å². The second kappa shape index (κ2) is 10.7. The first-order valence-electron chi connectivity index (χ1n) is 11.0. The fourth-order valence-corrected chi connectivity index (χ4v) is 3.96. The number of benzene rings is 1. The highest BCUT2D eigenvalue weighted by molar-refractivity contribution is 5.90. The van der Waals surface area contributed by atoms with Crippen molar-refractivity contribution in [1.29, 1.82) is 0 Å². The van der Waals surface area contributed by atoms with E-state index in [0.29, 0.717) is 37.6 Å². The number of hydrogen-bond acceptors (Lipinski definition) is 8. The summed E-state index contributed by atoms with van der Waals surface area (Å²) in [7, 11) is 0. The monoisotopic (exact) mass is 495 g/mol. The summed E-state index contributed by atoms with van der Waals surface area (Å²) < 4.78 is 44.9. The molecular weight excluding hydrogens is 471 g/mol. The molecule has 4 rings (SSSR count). The van der Waals surface area contributed by atoms with E-state index in [9.17, 15) is 23.2 Å². The average molecular weight is 495 g/mol. The third-order valence-corrected chi connectivity index (χ3v) is 5.79. The standard InChI is InChI=1S/C21H24F3N7O4/c22-16-10-14(30-12-15(35-21(30)34)2-4-18(32)20(23)24)1-3-17(16)29-6-5-26-31(8-7-29)19(33)9-13-11-25-28-27-13/h1,3,10-11,15,20,26H,2,4-9,12H2,(H,25,27,28)/t15-/m0/s1. The summed E-state index contributed by atoms with van der Waals surface area (Å²) in [4.78, 5) is 38.8. The topological polar surface area (TPSA) is 124 Å². The van der Waals surface area contributed by atoms with Crippen LogP contribution in [0.15, 0.2) is 24.4 Å². The Balaban J connectivity index is 1.35. The number of aromatic nitrogens is 3. The molecule has 14 heteroatoms. The number of amides is 2. The summed E-state index contributed by atoms with van der Waals surface area (Å²) in [6.45, 7) is 1.57. The lowest BCUT2D eigenvalue weighted by Gasteiger charge is -2.24. The van der Waals surface area contributed by atoms with Gasteiger partial charge in [0.15, 0.2) is 5.78 Å². The number of nitrogens with zero attached hydrogens (tertiary/aromatic N) is 5. The summed E-state index contributed by atoms with van der Waals surface area (Å²) in [5.41, 5.74) is 4.12. The van der Waals surface area contributed by atoms with Crippen molar-refractivity contribution in [3.05, 3.63) is 35.9 Å². The predicted molar refractivity (Wildman–Crippen MR) is 116 cm³/mol. The number of hydrogen-bond donors (Lipinski definition) is 2. The fraction of sp³-hybridized carbons (Fsp3) is 0.476. The normalized spacial score (nSPS) is 18.7. The maximum absolute atomic E-state index is 15.0. The molecule has 2 aliphatic rings. The van der Waals surface area contributed by atoms with Crippen molar-refractivity contribution in [3.8, 4) is 0 Å². The van der Waals surface area contributed by atoms with Crippen molar-refractivity contribution < 1.29 is 32.3 Å². The van der Waals surface area contributed by atoms with Crippen molar-refractivity contribution in [1.82, 2.24) is 25.8 Å². The average Bonchev–Trinajstić information content (AvgIpc) is 3.39. The van der Waals surface area contributed by atoms with Gasteiger partial charge in [-0.15, -0.1) is 0 Å². The first kappa shape index (κ1) is 24.4. The van der Waals surface area contributed by atoms with Gasteiger partial charge in [0.2, 0.25) is 5.91 Å². The Hall–Kier alpha value is -3.68. The van der Waals surface area contributed by atoms with Crippen molar-refractivity contribution in [3.63, 3.8) is 0 Å². The minimum Gasteiger partial charge on any atom is -0.444 e. The van der Waals surface area contributed by atoms with Gasteiger partial charge in [-0.05, 0) is 24.6 Å². The van der Waals surface area contributed by atoms with Crippen molar-refractivity contribution in [2.24, 2.45) is 0 Å². The Morgan fingerprint density at radius 3 is 2.77 bits per heavy atom. The third kappa shape index (κ3) is 5.88. The molecule has 11 nitrogen and oxygen atoms in total. The number of ether oxygens (including phenoxy) is 1. The third-order valence-electron chi connectivity index (χ3n) is 5.79. The molecular formula is C21H24F3N7O4. The predicted octanol–water partition coefficient (Wildman–Crippen LogP) is 1.28. The Bertz CT molecular complexity index is 1070. The van der Waals surface area contributed by atoms with Gasteiger partial charge >= 0.3 is 6.09 Å². The summed E-state index contributed by atoms with van der Waals surface area (Å²) in [5, 5.41) is 11.5. The lowest BCUT2D eigenvalue weighted by Crippen LogP contribution is -2.44. The molecule has 0 unspecified atom stereocenters. The van der Waals surface area contributed by atoms with E-state index >= 15 is 4.39 Å². The summed E-state index contributed by atoms with van der Waals surface area (Å²) in [6, 6.07) is 4.31. The SMILES string of the molecule is O=C(CC[C@H]1CN(c2ccc(N3CCNN(C(=O)Cc4cn[nH]n4)CC3)c(F)c2)C(=O)O1)C(F)F. The Kier molecular flexibility index (Phi) is 7.48. The molecule has 1 aromatic heterocycles. The maximum atomic E-state index is 15.0. The summed E-state index contributed by atoms with van der Waals surface area (Å²) in [5.74, 6) is -1.96. The number of aromatic amines is 1. The number of carbonyl (C=O) groups excluding carboxylic acids is 3. The number of hydrazine groups is 1. The quantitative estimate of drug-likeness (QED) is 0.562. The molecule has 2 aliphatic heterocycles. The van der Waals surface area contributed by atoms with Crippen molar-refractivity contribution in [2.75, 3.05) is 42.5 Å². The van der Waals surface area contributed by atoms with Crippen LogP contribution in [0.5, 0.6) is 0 Å². The lowest BCUT2D eigenvalue weighted by atomic mass is 10.1. The molecule has 2 saturated heterocycles. The molecule has 1 aromatic carbocycles. The molecule has 0 radical (unpaired) electrons. The Morgan fingerprint density at radius 2 is 2.06 bits per heavy atom. The highest BCUT2D eigenvalue weighted by atomic mass is 19.3. The first-order valence-corrected chi connectivity index (χ1v) is 11.0. The van der Waals surface area contributed by atoms with E-state index in [1.165, 1.54) is 22.2 Å². The van der Waals surface area contributed by atoms with Crippen LogP contribution in [0.4, 0.5) is 29.3 Å². The molecule has 3 heterocycles. The largest absolute Gasteiger partial charge is 0.444 e. The van der Waals surface area contributed by atoms with Gasteiger partial charge in [-0.25, -0.2) is 23.4 Å². The van der Waals surface area contributed by atoms with Crippen LogP contribution in [0.3, 0.4) is 0 Å². The molecule has 2 aromatic rings. The number of cyclic esters (lactones) is 1. The molecule has 0 aliphatic carbocycles.